The van der Waals surface area contributed by atoms with Gasteiger partial charge in [0.1, 0.15) is 0 Å². The smallest absolute Gasteiger partial charge is 0.159 e. The van der Waals surface area contributed by atoms with Crippen LogP contribution in [0.4, 0.5) is 0 Å². The van der Waals surface area contributed by atoms with E-state index in [0.29, 0.717) is 12.5 Å². The van der Waals surface area contributed by atoms with Crippen LogP contribution in [0.1, 0.15) is 31.2 Å². The maximum atomic E-state index is 4.95. The zero-order valence-corrected chi connectivity index (χ0v) is 13.7. The van der Waals surface area contributed by atoms with Crippen LogP contribution in [0, 0.1) is 7.11 Å². The summed E-state index contributed by atoms with van der Waals surface area (Å²) < 4.78 is 9.59. The van der Waals surface area contributed by atoms with E-state index in [1.165, 1.54) is 0 Å². The molecule has 3 nitrogen and oxygen atoms in total. The Bertz CT molecular complexity index is 226. The molecule has 1 aromatic rings. The monoisotopic (exact) mass is 332 g/mol. The molecule has 0 aliphatic rings. The van der Waals surface area contributed by atoms with E-state index in [4.69, 9.17) is 4.52 Å². The van der Waals surface area contributed by atoms with Crippen molar-refractivity contribution in [1.29, 1.82) is 0 Å². The molecule has 0 bridgehead atoms. The number of aromatic nitrogens is 1. The Kier molecular flexibility index (Phi) is 11.2. The third kappa shape index (κ3) is 5.73. The molecule has 1 aromatic heterocycles. The van der Waals surface area contributed by atoms with Crippen molar-refractivity contribution in [3.8, 4) is 0 Å². The zero-order valence-electron chi connectivity index (χ0n) is 7.99. The third-order valence-corrected chi connectivity index (χ3v) is 1.41. The summed E-state index contributed by atoms with van der Waals surface area (Å²) in [5.41, 5.74) is 0.956. The number of hydrogen-bond acceptors (Lipinski definition) is 3. The van der Waals surface area contributed by atoms with Gasteiger partial charge in [0.15, 0.2) is 5.76 Å². The van der Waals surface area contributed by atoms with Crippen molar-refractivity contribution in [3.05, 3.63) is 24.6 Å². The van der Waals surface area contributed by atoms with Crippen molar-refractivity contribution in [3.63, 3.8) is 0 Å². The first-order valence-electron chi connectivity index (χ1n) is 3.56. The second-order valence-electron chi connectivity index (χ2n) is 2.72. The molecule has 1 heterocycles. The minimum absolute atomic E-state index is 0. The molecule has 0 aromatic carbocycles. The van der Waals surface area contributed by atoms with Crippen LogP contribution in [0.2, 0.25) is 0 Å². The molecule has 0 aliphatic carbocycles. The van der Waals surface area contributed by atoms with E-state index in [9.17, 15) is 0 Å². The van der Waals surface area contributed by atoms with Gasteiger partial charge in [0.05, 0.1) is 12.3 Å². The standard InChI is InChI=1S/C8H12NO2.2Y/c1-6(2)8-4-7(5-10-3)11-9-8;;/h4,6H,3,5H2,1-2H3;;/q-1;;. The number of rotatable bonds is 3. The first-order chi connectivity index (χ1) is 5.24. The normalized spacial score (nSPS) is 9.23. The maximum Gasteiger partial charge on any atom is 0.159 e. The average Bonchev–Trinajstić information content (AvgIpc) is 2.37. The maximum absolute atomic E-state index is 4.95. The van der Waals surface area contributed by atoms with Crippen molar-refractivity contribution >= 4 is 0 Å². The van der Waals surface area contributed by atoms with Gasteiger partial charge in [0, 0.05) is 71.5 Å². The summed E-state index contributed by atoms with van der Waals surface area (Å²) in [6.07, 6.45) is 0. The first kappa shape index (κ1) is 16.8. The second kappa shape index (κ2) is 8.67. The molecule has 0 saturated carbocycles. The summed E-state index contributed by atoms with van der Waals surface area (Å²) >= 11 is 0. The summed E-state index contributed by atoms with van der Waals surface area (Å²) in [5.74, 6) is 1.13. The molecule has 0 fully saturated rings. The van der Waals surface area contributed by atoms with Gasteiger partial charge in [-0.05, 0) is 5.92 Å². The van der Waals surface area contributed by atoms with Crippen LogP contribution in [-0.4, -0.2) is 5.16 Å². The quantitative estimate of drug-likeness (QED) is 0.796. The number of ether oxygens (including phenoxy) is 1. The van der Waals surface area contributed by atoms with Gasteiger partial charge in [-0.2, -0.15) is 0 Å². The van der Waals surface area contributed by atoms with Gasteiger partial charge >= 0.3 is 0 Å². The van der Waals surface area contributed by atoms with E-state index in [-0.39, 0.29) is 65.4 Å². The molecule has 13 heavy (non-hydrogen) atoms. The van der Waals surface area contributed by atoms with Crippen LogP contribution >= 0.6 is 0 Å². The van der Waals surface area contributed by atoms with Crippen molar-refractivity contribution < 1.29 is 74.7 Å². The average molecular weight is 332 g/mol. The van der Waals surface area contributed by atoms with E-state index < -0.39 is 0 Å². The van der Waals surface area contributed by atoms with Crippen LogP contribution in [0.25, 0.3) is 0 Å². The molecular weight excluding hydrogens is 320 g/mol. The molecule has 68 valence electrons. The molecule has 2 radical (unpaired) electrons. The Balaban J connectivity index is 0. The molecular formula is C8H12NO2Y2-. The van der Waals surface area contributed by atoms with Gasteiger partial charge < -0.3 is 9.26 Å². The largest absolute Gasteiger partial charge is 0.549 e. The van der Waals surface area contributed by atoms with Gasteiger partial charge in [0.2, 0.25) is 0 Å². The first-order valence-corrected chi connectivity index (χ1v) is 3.56. The minimum atomic E-state index is 0. The van der Waals surface area contributed by atoms with Crippen LogP contribution in [0.5, 0.6) is 0 Å². The van der Waals surface area contributed by atoms with Crippen LogP contribution in [-0.2, 0) is 76.8 Å². The van der Waals surface area contributed by atoms with Gasteiger partial charge in [-0.1, -0.05) is 19.0 Å². The Morgan fingerprint density at radius 2 is 2.15 bits per heavy atom. The fourth-order valence-corrected chi connectivity index (χ4v) is 0.770. The van der Waals surface area contributed by atoms with Crippen LogP contribution < -0.4 is 0 Å². The number of nitrogens with zero attached hydrogens (tertiary/aromatic N) is 1. The summed E-state index contributed by atoms with van der Waals surface area (Å²) in [4.78, 5) is 0. The van der Waals surface area contributed by atoms with Crippen LogP contribution in [0.3, 0.4) is 0 Å². The summed E-state index contributed by atoms with van der Waals surface area (Å²) in [5, 5.41) is 3.85. The summed E-state index contributed by atoms with van der Waals surface area (Å²) in [7, 11) is 3.25. The second-order valence-corrected chi connectivity index (χ2v) is 2.72. The molecule has 1 rings (SSSR count). The Morgan fingerprint density at radius 1 is 1.54 bits per heavy atom. The SMILES string of the molecule is [CH2-]OCc1cc(C(C)C)no1.[Y].[Y]. The number of hydrogen-bond donors (Lipinski definition) is 0. The molecule has 0 spiro atoms. The molecule has 0 amide bonds. The van der Waals surface area contributed by atoms with Gasteiger partial charge in [0.25, 0.3) is 0 Å². The molecule has 0 atom stereocenters. The van der Waals surface area contributed by atoms with Gasteiger partial charge in [-0.15, -0.1) is 0 Å². The fourth-order valence-electron chi connectivity index (χ4n) is 0.770. The van der Waals surface area contributed by atoms with Gasteiger partial charge in [-0.25, -0.2) is 7.11 Å². The van der Waals surface area contributed by atoms with Crippen molar-refractivity contribution in [2.75, 3.05) is 0 Å². The molecule has 5 heteroatoms. The third-order valence-electron chi connectivity index (χ3n) is 1.41. The van der Waals surface area contributed by atoms with E-state index in [1.807, 2.05) is 6.07 Å². The van der Waals surface area contributed by atoms with Crippen molar-refractivity contribution in [2.24, 2.45) is 0 Å². The molecule has 0 aliphatic heterocycles. The minimum Gasteiger partial charge on any atom is -0.549 e. The van der Waals surface area contributed by atoms with Crippen LogP contribution in [0.15, 0.2) is 10.6 Å². The Labute approximate surface area is 129 Å². The predicted octanol–water partition coefficient (Wildman–Crippen LogP) is 2.10. The van der Waals surface area contributed by atoms with Crippen molar-refractivity contribution in [2.45, 2.75) is 26.4 Å². The Hall–Kier alpha value is 1.38. The van der Waals surface area contributed by atoms with E-state index in [1.54, 1.807) is 0 Å². The zero-order chi connectivity index (χ0) is 8.27. The predicted molar refractivity (Wildman–Crippen MR) is 40.7 cm³/mol. The summed E-state index contributed by atoms with van der Waals surface area (Å²) in [6, 6.07) is 1.88. The van der Waals surface area contributed by atoms with E-state index in [0.717, 1.165) is 11.5 Å². The summed E-state index contributed by atoms with van der Waals surface area (Å²) in [6.45, 7) is 4.51. The molecule has 0 N–H and O–H groups in total. The molecule has 0 saturated heterocycles. The van der Waals surface area contributed by atoms with Crippen molar-refractivity contribution in [1.82, 2.24) is 5.16 Å². The van der Waals surface area contributed by atoms with Gasteiger partial charge in [-0.3, -0.25) is 0 Å². The Morgan fingerprint density at radius 3 is 2.54 bits per heavy atom. The van der Waals surface area contributed by atoms with E-state index in [2.05, 4.69) is 30.9 Å². The fraction of sp³-hybridized carbons (Fsp3) is 0.500. The topological polar surface area (TPSA) is 35.3 Å². The molecule has 0 unspecified atom stereocenters. The van der Waals surface area contributed by atoms with E-state index >= 15 is 0 Å².